The van der Waals surface area contributed by atoms with Gasteiger partial charge in [0.2, 0.25) is 17.9 Å². The van der Waals surface area contributed by atoms with E-state index in [1.807, 2.05) is 11.8 Å². The van der Waals surface area contributed by atoms with Crippen LogP contribution < -0.4 is 20.7 Å². The maximum absolute atomic E-state index is 14.8. The van der Waals surface area contributed by atoms with Gasteiger partial charge in [-0.15, -0.1) is 0 Å². The molecule has 47 heavy (non-hydrogen) atoms. The molecule has 2 saturated heterocycles. The zero-order valence-electron chi connectivity index (χ0n) is 26.3. The molecule has 3 atom stereocenters. The van der Waals surface area contributed by atoms with Crippen LogP contribution in [0.3, 0.4) is 0 Å². The van der Waals surface area contributed by atoms with E-state index in [0.717, 1.165) is 12.7 Å². The Morgan fingerprint density at radius 3 is 2.53 bits per heavy atom. The summed E-state index contributed by atoms with van der Waals surface area (Å²) in [5, 5.41) is 12.8. The molecule has 2 unspecified atom stereocenters. The number of piperidine rings is 1. The van der Waals surface area contributed by atoms with Crippen molar-refractivity contribution in [1.29, 1.82) is 0 Å². The van der Waals surface area contributed by atoms with Crippen LogP contribution in [0.15, 0.2) is 59.5 Å². The van der Waals surface area contributed by atoms with Crippen LogP contribution in [-0.4, -0.2) is 67.1 Å². The Bertz CT molecular complexity index is 1770. The predicted octanol–water partition coefficient (Wildman–Crippen LogP) is 5.66. The molecule has 1 spiro atoms. The number of nitrogens with zero attached hydrogens (tertiary/aromatic N) is 3. The zero-order chi connectivity index (χ0) is 34.1. The molecule has 2 fully saturated rings. The second kappa shape index (κ2) is 13.1. The van der Waals surface area contributed by atoms with E-state index in [2.05, 4.69) is 15.3 Å². The minimum atomic E-state index is -4.89. The highest BCUT2D eigenvalue weighted by Crippen LogP contribution is 2.46. The molecule has 0 radical (unpaired) electrons. The third kappa shape index (κ3) is 7.38. The number of carboxylic acid groups (broad SMARTS) is 1. The quantitative estimate of drug-likeness (QED) is 0.260. The summed E-state index contributed by atoms with van der Waals surface area (Å²) in [5.41, 5.74) is 6.57. The number of allylic oxidation sites excluding steroid dienone is 1. The number of rotatable bonds is 9. The fourth-order valence-electron chi connectivity index (χ4n) is 6.79. The first-order chi connectivity index (χ1) is 22.1. The Labute approximate surface area is 271 Å². The number of carbonyl (C=O) groups is 1. The summed E-state index contributed by atoms with van der Waals surface area (Å²) in [6.45, 7) is 4.79. The van der Waals surface area contributed by atoms with Gasteiger partial charge in [-0.05, 0) is 72.9 Å². The molecule has 5 rings (SSSR count). The molecule has 252 valence electrons. The van der Waals surface area contributed by atoms with E-state index in [0.29, 0.717) is 43.7 Å². The number of hydrogen-bond acceptors (Lipinski definition) is 9. The number of nitrogens with two attached hydrogens (primary N) is 1. The molecule has 14 heteroatoms. The van der Waals surface area contributed by atoms with E-state index in [1.165, 1.54) is 36.4 Å². The molecular formula is C33H38F3N5O5S. The number of alkyl halides is 3. The number of ether oxygens (including phenoxy) is 1. The van der Waals surface area contributed by atoms with Crippen molar-refractivity contribution in [2.45, 2.75) is 68.8 Å². The molecule has 10 nitrogen and oxygen atoms in total. The molecule has 0 aliphatic carbocycles. The molecule has 3 aromatic rings. The molecule has 0 amide bonds. The Balaban J connectivity index is 1.47. The number of aliphatic carboxylic acids is 1. The van der Waals surface area contributed by atoms with E-state index < -0.39 is 34.1 Å². The Hall–Kier alpha value is -4.17. The standard InChI is InChI=1S/C33H38F3N5O5S/c1-4-7-20-10-11-23(24(16-20)21-8-6-9-22(17-21)47(3,44)45)29(33(34,35)36)46-28-18-27(39-31(37)40-28)41-14-12-32(13-15-41)19-25(30(42)43)38-26(32)5-2/h4,6-11,16-18,25-26,29,38H,5,12-15,19H2,1-3H3,(H,42,43)(H2,37,39,40)/b7-4+/t25?,26?,29-/m1/s1. The van der Waals surface area contributed by atoms with Crippen LogP contribution in [0.5, 0.6) is 5.88 Å². The molecule has 2 aromatic carbocycles. The number of benzene rings is 2. The van der Waals surface area contributed by atoms with Crippen molar-refractivity contribution in [3.8, 4) is 17.0 Å². The minimum Gasteiger partial charge on any atom is -0.480 e. The third-order valence-electron chi connectivity index (χ3n) is 9.08. The number of anilines is 2. The lowest BCUT2D eigenvalue weighted by Crippen LogP contribution is -2.46. The van der Waals surface area contributed by atoms with Crippen molar-refractivity contribution in [3.63, 3.8) is 0 Å². The van der Waals surface area contributed by atoms with Gasteiger partial charge >= 0.3 is 12.1 Å². The largest absolute Gasteiger partial charge is 0.480 e. The van der Waals surface area contributed by atoms with Crippen molar-refractivity contribution in [2.75, 3.05) is 30.0 Å². The van der Waals surface area contributed by atoms with E-state index in [9.17, 15) is 31.5 Å². The maximum Gasteiger partial charge on any atom is 0.429 e. The molecular weight excluding hydrogens is 635 g/mol. The van der Waals surface area contributed by atoms with Crippen LogP contribution in [0.1, 0.15) is 56.8 Å². The molecule has 2 aliphatic rings. The number of aromatic nitrogens is 2. The molecule has 4 N–H and O–H groups in total. The molecule has 1 aromatic heterocycles. The number of nitrogens with one attached hydrogen (secondary N) is 1. The average Bonchev–Trinajstić information content (AvgIpc) is 3.37. The summed E-state index contributed by atoms with van der Waals surface area (Å²) in [6.07, 6.45) is -0.256. The third-order valence-corrected chi connectivity index (χ3v) is 10.2. The normalized spacial score (nSPS) is 20.5. The highest BCUT2D eigenvalue weighted by Gasteiger charge is 2.50. The number of halogens is 3. The lowest BCUT2D eigenvalue weighted by molar-refractivity contribution is -0.198. The Kier molecular flexibility index (Phi) is 9.56. The van der Waals surface area contributed by atoms with Gasteiger partial charge in [-0.25, -0.2) is 8.42 Å². The van der Waals surface area contributed by atoms with Crippen LogP contribution in [0.2, 0.25) is 0 Å². The summed E-state index contributed by atoms with van der Waals surface area (Å²) in [4.78, 5) is 21.8. The van der Waals surface area contributed by atoms with Gasteiger partial charge in [0.1, 0.15) is 11.9 Å². The first kappa shape index (κ1) is 34.2. The molecule has 0 saturated carbocycles. The van der Waals surface area contributed by atoms with Gasteiger partial charge in [0.05, 0.1) is 4.90 Å². The van der Waals surface area contributed by atoms with E-state index >= 15 is 0 Å². The van der Waals surface area contributed by atoms with Crippen molar-refractivity contribution in [2.24, 2.45) is 5.41 Å². The lowest BCUT2D eigenvalue weighted by Gasteiger charge is -2.43. The maximum atomic E-state index is 14.8. The smallest absolute Gasteiger partial charge is 0.429 e. The highest BCUT2D eigenvalue weighted by atomic mass is 32.2. The van der Waals surface area contributed by atoms with Gasteiger partial charge in [-0.2, -0.15) is 23.1 Å². The fourth-order valence-corrected chi connectivity index (χ4v) is 7.46. The second-order valence-corrected chi connectivity index (χ2v) is 14.2. The fraction of sp³-hybridized carbons (Fsp3) is 0.424. The monoisotopic (exact) mass is 673 g/mol. The number of carboxylic acids is 1. The SMILES string of the molecule is C/C=C/c1ccc([C@@H](Oc2cc(N3CCC4(CC3)CC(C(=O)O)NC4CC)nc(N)n2)C(F)(F)F)c(-c2cccc(S(C)(=O)=O)c2)c1. The summed E-state index contributed by atoms with van der Waals surface area (Å²) in [6, 6.07) is 10.9. The number of nitrogen functional groups attached to an aromatic ring is 1. The minimum absolute atomic E-state index is 0.0319. The zero-order valence-corrected chi connectivity index (χ0v) is 27.1. The van der Waals surface area contributed by atoms with Gasteiger partial charge < -0.3 is 25.8 Å². The van der Waals surface area contributed by atoms with Gasteiger partial charge in [0.25, 0.3) is 0 Å². The first-order valence-corrected chi connectivity index (χ1v) is 17.2. The van der Waals surface area contributed by atoms with Crippen molar-refractivity contribution in [1.82, 2.24) is 15.3 Å². The van der Waals surface area contributed by atoms with Gasteiger partial charge in [0, 0.05) is 37.0 Å². The topological polar surface area (TPSA) is 148 Å². The van der Waals surface area contributed by atoms with Crippen LogP contribution in [0.4, 0.5) is 24.9 Å². The van der Waals surface area contributed by atoms with Crippen LogP contribution >= 0.6 is 0 Å². The van der Waals surface area contributed by atoms with Gasteiger partial charge in [0.15, 0.2) is 9.84 Å². The molecule has 3 heterocycles. The highest BCUT2D eigenvalue weighted by molar-refractivity contribution is 7.90. The van der Waals surface area contributed by atoms with Crippen LogP contribution in [0, 0.1) is 5.41 Å². The van der Waals surface area contributed by atoms with Crippen LogP contribution in [-0.2, 0) is 14.6 Å². The summed E-state index contributed by atoms with van der Waals surface area (Å²) >= 11 is 0. The summed E-state index contributed by atoms with van der Waals surface area (Å²) in [5.74, 6) is -1.21. The van der Waals surface area contributed by atoms with Crippen molar-refractivity contribution >= 4 is 33.6 Å². The van der Waals surface area contributed by atoms with E-state index in [4.69, 9.17) is 10.5 Å². The van der Waals surface area contributed by atoms with E-state index in [1.54, 1.807) is 31.2 Å². The Morgan fingerprint density at radius 2 is 1.91 bits per heavy atom. The van der Waals surface area contributed by atoms with E-state index in [-0.39, 0.29) is 44.9 Å². The summed E-state index contributed by atoms with van der Waals surface area (Å²) in [7, 11) is -3.64. The van der Waals surface area contributed by atoms with Gasteiger partial charge in [-0.3, -0.25) is 4.79 Å². The number of sulfone groups is 1. The average molecular weight is 674 g/mol. The molecule has 2 aliphatic heterocycles. The number of hydrogen-bond donors (Lipinski definition) is 3. The Morgan fingerprint density at radius 1 is 1.19 bits per heavy atom. The predicted molar refractivity (Wildman–Crippen MR) is 173 cm³/mol. The second-order valence-electron chi connectivity index (χ2n) is 12.2. The van der Waals surface area contributed by atoms with Crippen molar-refractivity contribution in [3.05, 3.63) is 65.7 Å². The molecule has 0 bridgehead atoms. The van der Waals surface area contributed by atoms with Crippen molar-refractivity contribution < 1.29 is 36.2 Å². The summed E-state index contributed by atoms with van der Waals surface area (Å²) < 4.78 is 74.6. The lowest BCUT2D eigenvalue weighted by atomic mass is 9.71. The van der Waals surface area contributed by atoms with Crippen LogP contribution in [0.25, 0.3) is 17.2 Å². The van der Waals surface area contributed by atoms with Gasteiger partial charge in [-0.1, -0.05) is 43.3 Å². The first-order valence-electron chi connectivity index (χ1n) is 15.3.